The van der Waals surface area contributed by atoms with Crippen molar-refractivity contribution in [1.29, 1.82) is 0 Å². The van der Waals surface area contributed by atoms with E-state index in [0.29, 0.717) is 4.99 Å². The highest BCUT2D eigenvalue weighted by Crippen LogP contribution is 2.65. The summed E-state index contributed by atoms with van der Waals surface area (Å²) < 4.78 is 30.6. The van der Waals surface area contributed by atoms with Gasteiger partial charge in [0, 0.05) is 14.1 Å². The second kappa shape index (κ2) is 8.59. The van der Waals surface area contributed by atoms with Gasteiger partial charge in [0.25, 0.3) is 10.0 Å². The first kappa shape index (κ1) is 27.1. The van der Waals surface area contributed by atoms with Gasteiger partial charge in [-0.3, -0.25) is 9.69 Å². The van der Waals surface area contributed by atoms with Crippen LogP contribution in [0, 0.1) is 17.8 Å². The Labute approximate surface area is 214 Å². The predicted octanol–water partition coefficient (Wildman–Crippen LogP) is 5.26. The molecule has 2 fully saturated rings. The first-order valence-electron chi connectivity index (χ1n) is 11.6. The zero-order chi connectivity index (χ0) is 25.9. The van der Waals surface area contributed by atoms with Crippen LogP contribution in [-0.2, 0) is 14.8 Å². The van der Waals surface area contributed by atoms with Crippen LogP contribution in [0.2, 0.25) is 0 Å². The molecule has 1 aromatic rings. The number of hydrogen-bond acceptors (Lipinski definition) is 5. The Kier molecular flexibility index (Phi) is 6.86. The third kappa shape index (κ3) is 4.11. The lowest BCUT2D eigenvalue weighted by atomic mass is 9.56. The third-order valence-corrected chi connectivity index (χ3v) is 11.5. The van der Waals surface area contributed by atoms with E-state index in [-0.39, 0.29) is 26.8 Å². The minimum absolute atomic E-state index is 0.122. The van der Waals surface area contributed by atoms with E-state index < -0.39 is 20.3 Å². The van der Waals surface area contributed by atoms with Gasteiger partial charge in [-0.25, -0.2) is 0 Å². The molecule has 0 bridgehead atoms. The van der Waals surface area contributed by atoms with E-state index in [4.69, 9.17) is 12.2 Å². The molecule has 1 spiro atoms. The van der Waals surface area contributed by atoms with Crippen molar-refractivity contribution in [3.8, 4) is 0 Å². The maximum Gasteiger partial charge on any atom is 0.284 e. The Bertz CT molecular complexity index is 1120. The van der Waals surface area contributed by atoms with Crippen LogP contribution < -0.4 is 0 Å². The predicted molar refractivity (Wildman–Crippen MR) is 145 cm³/mol. The van der Waals surface area contributed by atoms with Gasteiger partial charge in [-0.15, -0.1) is 4.40 Å². The molecule has 1 aromatic carbocycles. The van der Waals surface area contributed by atoms with E-state index in [2.05, 4.69) is 32.1 Å². The minimum Gasteiger partial charge on any atom is -0.347 e. The summed E-state index contributed by atoms with van der Waals surface area (Å²) in [5.74, 6) is -0.167. The number of carbonyl (C=O) groups excluding carboxylic acids is 1. The number of aryl methyl sites for hydroxylation is 1. The zero-order valence-electron chi connectivity index (χ0n) is 21.7. The number of benzene rings is 1. The molecule has 188 valence electrons. The number of amides is 1. The van der Waals surface area contributed by atoms with Gasteiger partial charge in [-0.05, 0) is 56.6 Å². The largest absolute Gasteiger partial charge is 0.347 e. The molecule has 6 nitrogen and oxygen atoms in total. The molecule has 0 radical (unpaired) electrons. The van der Waals surface area contributed by atoms with E-state index >= 15 is 0 Å². The van der Waals surface area contributed by atoms with Crippen molar-refractivity contribution >= 4 is 50.1 Å². The van der Waals surface area contributed by atoms with Gasteiger partial charge in [0.1, 0.15) is 10.5 Å². The molecule has 3 rings (SSSR count). The van der Waals surface area contributed by atoms with Crippen molar-refractivity contribution in [3.05, 3.63) is 29.8 Å². The van der Waals surface area contributed by atoms with Crippen LogP contribution in [0.15, 0.2) is 33.6 Å². The summed E-state index contributed by atoms with van der Waals surface area (Å²) in [4.78, 5) is 17.3. The van der Waals surface area contributed by atoms with E-state index in [9.17, 15) is 13.2 Å². The third-order valence-electron chi connectivity index (χ3n) is 7.46. The first-order valence-corrected chi connectivity index (χ1v) is 14.2. The van der Waals surface area contributed by atoms with Gasteiger partial charge in [0.05, 0.1) is 9.64 Å². The second-order valence-corrected chi connectivity index (χ2v) is 14.6. The lowest BCUT2D eigenvalue weighted by Crippen LogP contribution is -2.64. The molecule has 0 atom stereocenters. The maximum absolute atomic E-state index is 13.4. The SMILES string of the molecule is Cc1ccc(S(=O)(=O)/N=C2\SC3(C(=S)N2C(C)(C)C(=O)N(C)C)C(C)(C)CCCC3(C)C)cc1. The van der Waals surface area contributed by atoms with Crippen molar-refractivity contribution in [3.63, 3.8) is 0 Å². The van der Waals surface area contributed by atoms with Crippen molar-refractivity contribution in [2.45, 2.75) is 82.9 Å². The second-order valence-electron chi connectivity index (χ2n) is 11.5. The average molecular weight is 524 g/mol. The Morgan fingerprint density at radius 2 is 1.59 bits per heavy atom. The average Bonchev–Trinajstić information content (AvgIpc) is 3.00. The van der Waals surface area contributed by atoms with E-state index in [0.717, 1.165) is 24.8 Å². The molecule has 1 amide bonds. The van der Waals surface area contributed by atoms with E-state index in [1.165, 1.54) is 16.7 Å². The van der Waals surface area contributed by atoms with Crippen molar-refractivity contribution in [1.82, 2.24) is 9.80 Å². The normalized spacial score (nSPS) is 22.9. The highest BCUT2D eigenvalue weighted by molar-refractivity contribution is 8.17. The smallest absolute Gasteiger partial charge is 0.284 e. The summed E-state index contributed by atoms with van der Waals surface area (Å²) in [7, 11) is -0.622. The summed E-state index contributed by atoms with van der Waals surface area (Å²) >= 11 is 7.61. The summed E-state index contributed by atoms with van der Waals surface area (Å²) in [6.07, 6.45) is 2.98. The van der Waals surface area contributed by atoms with E-state index in [1.54, 1.807) is 57.1 Å². The van der Waals surface area contributed by atoms with Gasteiger partial charge < -0.3 is 4.90 Å². The number of rotatable bonds is 4. The lowest BCUT2D eigenvalue weighted by molar-refractivity contribution is -0.136. The highest BCUT2D eigenvalue weighted by Gasteiger charge is 2.67. The van der Waals surface area contributed by atoms with Crippen molar-refractivity contribution in [2.24, 2.45) is 15.2 Å². The standard InChI is InChI=1S/C25H37N3O3S3/c1-17-11-13-18(14-12-17)34(30,31)26-21-28(24(6,7)19(29)27(8)9)20(32)25(33-21)22(2,3)15-10-16-23(25,4)5/h11-14H,10,15-16H2,1-9H3/b26-21-. The number of nitrogens with zero attached hydrogens (tertiary/aromatic N) is 3. The van der Waals surface area contributed by atoms with Crippen LogP contribution in [0.4, 0.5) is 0 Å². The van der Waals surface area contributed by atoms with Crippen molar-refractivity contribution < 1.29 is 13.2 Å². The molecule has 9 heteroatoms. The van der Waals surface area contributed by atoms with Gasteiger partial charge >= 0.3 is 0 Å². The van der Waals surface area contributed by atoms with Crippen LogP contribution in [0.1, 0.15) is 66.4 Å². The summed E-state index contributed by atoms with van der Waals surface area (Å²) in [5, 5.41) is 0.272. The molecule has 34 heavy (non-hydrogen) atoms. The topological polar surface area (TPSA) is 70.0 Å². The summed E-state index contributed by atoms with van der Waals surface area (Å²) in [5.41, 5.74) is -0.595. The molecule has 1 heterocycles. The van der Waals surface area contributed by atoms with Gasteiger partial charge in [-0.1, -0.05) is 75.8 Å². The molecule has 0 N–H and O–H groups in total. The number of thioether (sulfide) groups is 1. The number of carbonyl (C=O) groups is 1. The quantitative estimate of drug-likeness (QED) is 0.502. The number of amidine groups is 1. The molecule has 1 aliphatic carbocycles. The molecule has 1 saturated heterocycles. The van der Waals surface area contributed by atoms with Gasteiger partial charge in [0.15, 0.2) is 5.17 Å². The van der Waals surface area contributed by atoms with Crippen molar-refractivity contribution in [2.75, 3.05) is 14.1 Å². The fraction of sp³-hybridized carbons (Fsp3) is 0.640. The van der Waals surface area contributed by atoms with Crippen LogP contribution >= 0.6 is 24.0 Å². The highest BCUT2D eigenvalue weighted by atomic mass is 32.2. The maximum atomic E-state index is 13.4. The Hall–Kier alpha value is -1.45. The summed E-state index contributed by atoms with van der Waals surface area (Å²) in [6, 6.07) is 6.64. The monoisotopic (exact) mass is 523 g/mol. The van der Waals surface area contributed by atoms with Gasteiger partial charge in [-0.2, -0.15) is 8.42 Å². The Morgan fingerprint density at radius 3 is 2.06 bits per heavy atom. The number of hydrogen-bond donors (Lipinski definition) is 0. The first-order chi connectivity index (χ1) is 15.4. The molecule has 0 aromatic heterocycles. The van der Waals surface area contributed by atoms with Gasteiger partial charge in [0.2, 0.25) is 5.91 Å². The van der Waals surface area contributed by atoms with Crippen LogP contribution in [-0.4, -0.2) is 58.7 Å². The zero-order valence-corrected chi connectivity index (χ0v) is 24.2. The Morgan fingerprint density at radius 1 is 1.09 bits per heavy atom. The van der Waals surface area contributed by atoms with E-state index in [1.807, 2.05) is 6.92 Å². The fourth-order valence-electron chi connectivity index (χ4n) is 5.63. The molecular weight excluding hydrogens is 486 g/mol. The Balaban J connectivity index is 2.28. The summed E-state index contributed by atoms with van der Waals surface area (Å²) in [6.45, 7) is 14.3. The molecule has 1 aliphatic heterocycles. The molecular formula is C25H37N3O3S3. The minimum atomic E-state index is -4.01. The van der Waals surface area contributed by atoms with Crippen LogP contribution in [0.3, 0.4) is 0 Å². The molecule has 0 unspecified atom stereocenters. The fourth-order valence-corrected chi connectivity index (χ4v) is 9.61. The lowest BCUT2D eigenvalue weighted by Gasteiger charge is -2.57. The number of thiocarbonyl (C=S) groups is 1. The number of likely N-dealkylation sites (N-methyl/N-ethyl adjacent to an activating group) is 1. The van der Waals surface area contributed by atoms with Crippen LogP contribution in [0.5, 0.6) is 0 Å². The molecule has 2 aliphatic rings. The van der Waals surface area contributed by atoms with Crippen LogP contribution in [0.25, 0.3) is 0 Å². The number of sulfonamides is 1. The molecule has 1 saturated carbocycles.